The largest absolute Gasteiger partial charge is 0.304 e. The molecule has 1 saturated heterocycles. The molecule has 2 aliphatic rings. The topological polar surface area (TPSA) is 58.4 Å². The third-order valence-corrected chi connectivity index (χ3v) is 7.09. The van der Waals surface area contributed by atoms with Crippen molar-refractivity contribution in [1.29, 1.82) is 0 Å². The zero-order chi connectivity index (χ0) is 17.5. The van der Waals surface area contributed by atoms with Gasteiger partial charge in [0.1, 0.15) is 4.90 Å². The van der Waals surface area contributed by atoms with Gasteiger partial charge in [0.05, 0.1) is 11.7 Å². The van der Waals surface area contributed by atoms with Crippen molar-refractivity contribution in [2.24, 2.45) is 0 Å². The molecular weight excluding hydrogens is 324 g/mol. The van der Waals surface area contributed by atoms with Crippen LogP contribution < -0.4 is 0 Å². The zero-order valence-electron chi connectivity index (χ0n) is 15.3. The lowest BCUT2D eigenvalue weighted by Crippen LogP contribution is -2.47. The molecule has 1 aromatic heterocycles. The number of piperazine rings is 1. The lowest BCUT2D eigenvalue weighted by atomic mass is 9.92. The zero-order valence-corrected chi connectivity index (χ0v) is 16.1. The molecule has 0 atom stereocenters. The Morgan fingerprint density at radius 3 is 2.21 bits per heavy atom. The van der Waals surface area contributed by atoms with E-state index in [1.807, 2.05) is 32.5 Å². The summed E-state index contributed by atoms with van der Waals surface area (Å²) in [5.74, 6) is 0. The Labute approximate surface area is 145 Å². The van der Waals surface area contributed by atoms with Crippen LogP contribution in [-0.2, 0) is 15.4 Å². The highest BCUT2D eigenvalue weighted by molar-refractivity contribution is 7.89. The third-order valence-electron chi connectivity index (χ3n) is 5.19. The Kier molecular flexibility index (Phi) is 4.79. The van der Waals surface area contributed by atoms with Crippen LogP contribution in [0.25, 0.3) is 0 Å². The van der Waals surface area contributed by atoms with Gasteiger partial charge in [-0.15, -0.1) is 0 Å². The average molecular weight is 355 g/mol. The summed E-state index contributed by atoms with van der Waals surface area (Å²) in [5, 5.41) is 4.74. The van der Waals surface area contributed by atoms with Crippen molar-refractivity contribution in [2.45, 2.75) is 62.8 Å². The summed E-state index contributed by atoms with van der Waals surface area (Å²) in [6.45, 7) is 8.78. The monoisotopic (exact) mass is 354 g/mol. The van der Waals surface area contributed by atoms with E-state index in [-0.39, 0.29) is 5.41 Å². The van der Waals surface area contributed by atoms with Gasteiger partial charge in [0.15, 0.2) is 0 Å². The van der Waals surface area contributed by atoms with Crippen molar-refractivity contribution in [1.82, 2.24) is 19.0 Å². The molecule has 0 radical (unpaired) electrons. The molecule has 0 amide bonds. The molecule has 3 rings (SSSR count). The van der Waals surface area contributed by atoms with E-state index in [9.17, 15) is 8.42 Å². The number of hydrogen-bond donors (Lipinski definition) is 0. The first-order valence-electron chi connectivity index (χ1n) is 8.98. The molecular formula is C17H30N4O2S. The van der Waals surface area contributed by atoms with Crippen molar-refractivity contribution in [3.05, 3.63) is 11.9 Å². The second-order valence-electron chi connectivity index (χ2n) is 8.22. The number of sulfonamides is 1. The summed E-state index contributed by atoms with van der Waals surface area (Å²) in [6, 6.07) is 0.350. The van der Waals surface area contributed by atoms with Crippen molar-refractivity contribution < 1.29 is 8.42 Å². The van der Waals surface area contributed by atoms with Crippen molar-refractivity contribution in [3.63, 3.8) is 0 Å². The Bertz CT molecular complexity index is 676. The van der Waals surface area contributed by atoms with Crippen LogP contribution in [0.15, 0.2) is 11.1 Å². The second kappa shape index (κ2) is 6.42. The lowest BCUT2D eigenvalue weighted by molar-refractivity contribution is 0.222. The highest BCUT2D eigenvalue weighted by Gasteiger charge is 2.36. The van der Waals surface area contributed by atoms with Crippen LogP contribution in [0.5, 0.6) is 0 Å². The smallest absolute Gasteiger partial charge is 0.246 e. The molecule has 0 bridgehead atoms. The molecule has 24 heavy (non-hydrogen) atoms. The van der Waals surface area contributed by atoms with Gasteiger partial charge in [0.2, 0.25) is 10.0 Å². The molecule has 1 aliphatic carbocycles. The molecule has 7 heteroatoms. The number of rotatable bonds is 3. The van der Waals surface area contributed by atoms with Gasteiger partial charge >= 0.3 is 0 Å². The minimum Gasteiger partial charge on any atom is -0.304 e. The summed E-state index contributed by atoms with van der Waals surface area (Å²) >= 11 is 0. The van der Waals surface area contributed by atoms with Crippen molar-refractivity contribution in [2.75, 3.05) is 33.2 Å². The van der Waals surface area contributed by atoms with E-state index in [1.165, 1.54) is 12.8 Å². The fraction of sp³-hybridized carbons (Fsp3) is 0.824. The lowest BCUT2D eigenvalue weighted by Gasteiger charge is -2.32. The molecule has 136 valence electrons. The van der Waals surface area contributed by atoms with E-state index in [1.54, 1.807) is 10.5 Å². The van der Waals surface area contributed by atoms with E-state index in [4.69, 9.17) is 5.10 Å². The first-order valence-corrected chi connectivity index (χ1v) is 10.4. The standard InChI is InChI=1S/C17H30N4O2S/c1-17(2,3)16-15(13-21(18-16)14-7-5-6-8-14)24(22,23)20-11-9-19(4)10-12-20/h13-14H,5-12H2,1-4H3. The SMILES string of the molecule is CN1CCN(S(=O)(=O)c2cn(C3CCCC3)nc2C(C)(C)C)CC1. The number of aromatic nitrogens is 2. The average Bonchev–Trinajstić information content (AvgIpc) is 3.16. The van der Waals surface area contributed by atoms with Crippen LogP contribution >= 0.6 is 0 Å². The molecule has 1 aromatic rings. The number of hydrogen-bond acceptors (Lipinski definition) is 4. The van der Waals surface area contributed by atoms with Gasteiger partial charge in [-0.1, -0.05) is 33.6 Å². The van der Waals surface area contributed by atoms with Gasteiger partial charge < -0.3 is 4.90 Å². The van der Waals surface area contributed by atoms with Crippen LogP contribution in [0.4, 0.5) is 0 Å². The van der Waals surface area contributed by atoms with Crippen LogP contribution in [0.3, 0.4) is 0 Å². The van der Waals surface area contributed by atoms with Gasteiger partial charge in [0.25, 0.3) is 0 Å². The van der Waals surface area contributed by atoms with Crippen LogP contribution in [0.1, 0.15) is 58.2 Å². The molecule has 0 spiro atoms. The minimum absolute atomic E-state index is 0.293. The minimum atomic E-state index is -3.48. The first-order chi connectivity index (χ1) is 11.2. The van der Waals surface area contributed by atoms with Gasteiger partial charge in [-0.25, -0.2) is 8.42 Å². The maximum absolute atomic E-state index is 13.2. The van der Waals surface area contributed by atoms with E-state index in [0.717, 1.165) is 25.9 Å². The van der Waals surface area contributed by atoms with Crippen molar-refractivity contribution in [3.8, 4) is 0 Å². The Hall–Kier alpha value is -0.920. The van der Waals surface area contributed by atoms with Crippen LogP contribution in [-0.4, -0.2) is 60.6 Å². The fourth-order valence-corrected chi connectivity index (χ4v) is 5.36. The van der Waals surface area contributed by atoms with E-state index in [0.29, 0.717) is 29.7 Å². The molecule has 0 aromatic carbocycles. The molecule has 2 fully saturated rings. The highest BCUT2D eigenvalue weighted by atomic mass is 32.2. The number of likely N-dealkylation sites (N-methyl/N-ethyl adjacent to an activating group) is 1. The quantitative estimate of drug-likeness (QED) is 0.835. The summed E-state index contributed by atoms with van der Waals surface area (Å²) in [5.41, 5.74) is 0.409. The Balaban J connectivity index is 1.98. The molecule has 2 heterocycles. The normalized spacial score (nSPS) is 22.3. The summed E-state index contributed by atoms with van der Waals surface area (Å²) in [4.78, 5) is 2.57. The van der Waals surface area contributed by atoms with Gasteiger partial charge in [0, 0.05) is 37.8 Å². The van der Waals surface area contributed by atoms with E-state index >= 15 is 0 Å². The Morgan fingerprint density at radius 1 is 1.08 bits per heavy atom. The molecule has 0 unspecified atom stereocenters. The van der Waals surface area contributed by atoms with Crippen LogP contribution in [0.2, 0.25) is 0 Å². The first kappa shape index (κ1) is 17.9. The Morgan fingerprint density at radius 2 is 1.67 bits per heavy atom. The third kappa shape index (κ3) is 3.39. The second-order valence-corrected chi connectivity index (χ2v) is 10.1. The molecule has 6 nitrogen and oxygen atoms in total. The highest BCUT2D eigenvalue weighted by Crippen LogP contribution is 2.34. The number of nitrogens with zero attached hydrogens (tertiary/aromatic N) is 4. The summed E-state index contributed by atoms with van der Waals surface area (Å²) in [7, 11) is -1.45. The molecule has 1 aliphatic heterocycles. The summed E-state index contributed by atoms with van der Waals surface area (Å²) in [6.07, 6.45) is 6.40. The van der Waals surface area contributed by atoms with E-state index < -0.39 is 10.0 Å². The van der Waals surface area contributed by atoms with Gasteiger partial charge in [-0.3, -0.25) is 4.68 Å². The van der Waals surface area contributed by atoms with Crippen molar-refractivity contribution >= 4 is 10.0 Å². The fourth-order valence-electron chi connectivity index (χ4n) is 3.61. The maximum Gasteiger partial charge on any atom is 0.246 e. The maximum atomic E-state index is 13.2. The predicted octanol–water partition coefficient (Wildman–Crippen LogP) is 2.23. The summed E-state index contributed by atoms with van der Waals surface area (Å²) < 4.78 is 30.0. The molecule has 0 N–H and O–H groups in total. The predicted molar refractivity (Wildman–Crippen MR) is 94.7 cm³/mol. The van der Waals surface area contributed by atoms with Gasteiger partial charge in [-0.05, 0) is 19.9 Å². The molecule has 1 saturated carbocycles. The van der Waals surface area contributed by atoms with Gasteiger partial charge in [-0.2, -0.15) is 9.40 Å². The van der Waals surface area contributed by atoms with Crippen LogP contribution in [0, 0.1) is 0 Å². The van der Waals surface area contributed by atoms with E-state index in [2.05, 4.69) is 4.90 Å².